The lowest BCUT2D eigenvalue weighted by Crippen LogP contribution is -2.57. The van der Waals surface area contributed by atoms with E-state index in [-0.39, 0.29) is 23.6 Å². The molecule has 6 heteroatoms. The van der Waals surface area contributed by atoms with Gasteiger partial charge in [0.2, 0.25) is 0 Å². The van der Waals surface area contributed by atoms with Gasteiger partial charge in [0, 0.05) is 6.54 Å². The van der Waals surface area contributed by atoms with E-state index in [4.69, 9.17) is 4.74 Å². The van der Waals surface area contributed by atoms with E-state index in [1.807, 2.05) is 13.8 Å². The van der Waals surface area contributed by atoms with Gasteiger partial charge in [-0.25, -0.2) is 4.79 Å². The number of imide groups is 1. The normalized spacial score (nSPS) is 36.7. The molecule has 3 amide bonds. The van der Waals surface area contributed by atoms with Gasteiger partial charge in [-0.15, -0.1) is 0 Å². The van der Waals surface area contributed by atoms with Crippen molar-refractivity contribution >= 4 is 11.9 Å². The van der Waals surface area contributed by atoms with Crippen molar-refractivity contribution in [3.63, 3.8) is 0 Å². The highest BCUT2D eigenvalue weighted by atomic mass is 16.5. The smallest absolute Gasteiger partial charge is 0.325 e. The second-order valence-electron chi connectivity index (χ2n) is 6.75. The second-order valence-corrected chi connectivity index (χ2v) is 6.75. The van der Waals surface area contributed by atoms with E-state index in [1.165, 1.54) is 4.90 Å². The average molecular weight is 281 g/mol. The number of carbonyl (C=O) groups excluding carboxylic acids is 2. The molecule has 20 heavy (non-hydrogen) atoms. The molecule has 1 spiro atoms. The molecule has 2 unspecified atom stereocenters. The fourth-order valence-electron chi connectivity index (χ4n) is 3.45. The number of amides is 3. The van der Waals surface area contributed by atoms with Crippen LogP contribution in [0.25, 0.3) is 0 Å². The summed E-state index contributed by atoms with van der Waals surface area (Å²) in [6.45, 7) is 5.91. The Labute approximate surface area is 119 Å². The molecule has 3 aliphatic heterocycles. The van der Waals surface area contributed by atoms with Gasteiger partial charge in [-0.05, 0) is 46.1 Å². The molecule has 3 aliphatic rings. The minimum Gasteiger partial charge on any atom is -0.370 e. The fraction of sp³-hybridized carbons (Fsp3) is 0.857. The minimum atomic E-state index is -0.719. The Morgan fingerprint density at radius 1 is 1.35 bits per heavy atom. The molecule has 0 aliphatic carbocycles. The summed E-state index contributed by atoms with van der Waals surface area (Å²) in [4.78, 5) is 26.1. The van der Waals surface area contributed by atoms with Crippen molar-refractivity contribution in [3.8, 4) is 0 Å². The van der Waals surface area contributed by atoms with Crippen molar-refractivity contribution in [2.45, 2.75) is 56.8 Å². The van der Waals surface area contributed by atoms with E-state index >= 15 is 0 Å². The van der Waals surface area contributed by atoms with Crippen LogP contribution in [-0.4, -0.2) is 53.7 Å². The Morgan fingerprint density at radius 3 is 2.75 bits per heavy atom. The van der Waals surface area contributed by atoms with Crippen LogP contribution < -0.4 is 10.6 Å². The number of urea groups is 1. The molecule has 0 aromatic heterocycles. The topological polar surface area (TPSA) is 70.7 Å². The monoisotopic (exact) mass is 281 g/mol. The van der Waals surface area contributed by atoms with Crippen molar-refractivity contribution in [3.05, 3.63) is 0 Å². The summed E-state index contributed by atoms with van der Waals surface area (Å²) in [5, 5.41) is 6.09. The molecule has 6 nitrogen and oxygen atoms in total. The third kappa shape index (κ3) is 2.31. The zero-order valence-electron chi connectivity index (χ0n) is 12.2. The summed E-state index contributed by atoms with van der Waals surface area (Å²) in [7, 11) is 0. The van der Waals surface area contributed by atoms with E-state index in [1.54, 1.807) is 0 Å². The van der Waals surface area contributed by atoms with Gasteiger partial charge in [0.15, 0.2) is 0 Å². The molecular weight excluding hydrogens is 258 g/mol. The molecule has 0 radical (unpaired) electrons. The predicted molar refractivity (Wildman–Crippen MR) is 73.3 cm³/mol. The highest BCUT2D eigenvalue weighted by Crippen LogP contribution is 2.31. The van der Waals surface area contributed by atoms with Crippen LogP contribution in [0.15, 0.2) is 0 Å². The largest absolute Gasteiger partial charge is 0.370 e. The van der Waals surface area contributed by atoms with Crippen LogP contribution in [0.5, 0.6) is 0 Å². The summed E-state index contributed by atoms with van der Waals surface area (Å²) >= 11 is 0. The first-order chi connectivity index (χ1) is 9.42. The van der Waals surface area contributed by atoms with Crippen LogP contribution in [0.2, 0.25) is 0 Å². The Kier molecular flexibility index (Phi) is 3.25. The summed E-state index contributed by atoms with van der Waals surface area (Å²) in [5.41, 5.74) is -0.864. The van der Waals surface area contributed by atoms with Gasteiger partial charge >= 0.3 is 6.03 Å². The summed E-state index contributed by atoms with van der Waals surface area (Å²) in [5.74, 6) is -0.0944. The quantitative estimate of drug-likeness (QED) is 0.728. The van der Waals surface area contributed by atoms with Crippen molar-refractivity contribution in [2.24, 2.45) is 0 Å². The maximum atomic E-state index is 12.6. The molecule has 112 valence electrons. The average Bonchev–Trinajstić information content (AvgIpc) is 2.84. The third-order valence-electron chi connectivity index (χ3n) is 4.57. The maximum absolute atomic E-state index is 12.6. The van der Waals surface area contributed by atoms with Crippen molar-refractivity contribution in [1.29, 1.82) is 0 Å². The van der Waals surface area contributed by atoms with E-state index in [0.717, 1.165) is 32.2 Å². The van der Waals surface area contributed by atoms with Crippen LogP contribution in [0, 0.1) is 0 Å². The van der Waals surface area contributed by atoms with Gasteiger partial charge < -0.3 is 15.4 Å². The van der Waals surface area contributed by atoms with Crippen molar-refractivity contribution in [2.75, 3.05) is 19.6 Å². The molecule has 2 atom stereocenters. The van der Waals surface area contributed by atoms with E-state index in [2.05, 4.69) is 10.6 Å². The number of ether oxygens (including phenoxy) is 1. The lowest BCUT2D eigenvalue weighted by atomic mass is 9.90. The fourth-order valence-corrected chi connectivity index (χ4v) is 3.45. The zero-order chi connectivity index (χ0) is 14.4. The van der Waals surface area contributed by atoms with E-state index in [0.29, 0.717) is 13.1 Å². The van der Waals surface area contributed by atoms with Crippen molar-refractivity contribution in [1.82, 2.24) is 15.5 Å². The number of carbonyl (C=O) groups is 2. The van der Waals surface area contributed by atoms with Crippen LogP contribution in [0.3, 0.4) is 0 Å². The van der Waals surface area contributed by atoms with Crippen molar-refractivity contribution < 1.29 is 14.3 Å². The Balaban J connectivity index is 1.68. The predicted octanol–water partition coefficient (Wildman–Crippen LogP) is 0.618. The number of hydrogen-bond acceptors (Lipinski definition) is 4. The standard InChI is InChI=1S/C14H23N3O3/c1-13(2)6-4-10(20-13)8-17-11(18)14(16-12(17)19)5-3-7-15-9-14/h10,15H,3-9H2,1-2H3,(H,16,19). The van der Waals surface area contributed by atoms with Gasteiger partial charge in [-0.3, -0.25) is 9.69 Å². The van der Waals surface area contributed by atoms with Gasteiger partial charge in [-0.1, -0.05) is 0 Å². The van der Waals surface area contributed by atoms with E-state index < -0.39 is 5.54 Å². The molecule has 3 heterocycles. The number of nitrogens with one attached hydrogen (secondary N) is 2. The summed E-state index contributed by atoms with van der Waals surface area (Å²) < 4.78 is 5.89. The molecule has 0 aromatic rings. The molecule has 2 N–H and O–H groups in total. The number of piperidine rings is 1. The molecule has 3 fully saturated rings. The van der Waals surface area contributed by atoms with E-state index in [9.17, 15) is 9.59 Å². The Hall–Kier alpha value is -1.14. The molecule has 3 rings (SSSR count). The number of hydrogen-bond donors (Lipinski definition) is 2. The minimum absolute atomic E-state index is 0.0357. The van der Waals surface area contributed by atoms with Crippen LogP contribution in [0.1, 0.15) is 39.5 Å². The van der Waals surface area contributed by atoms with Crippen LogP contribution in [0.4, 0.5) is 4.79 Å². The summed E-state index contributed by atoms with van der Waals surface area (Å²) in [6.07, 6.45) is 3.46. The van der Waals surface area contributed by atoms with Gasteiger partial charge in [0.05, 0.1) is 18.2 Å². The number of rotatable bonds is 2. The number of nitrogens with zero attached hydrogens (tertiary/aromatic N) is 1. The lowest BCUT2D eigenvalue weighted by molar-refractivity contribution is -0.133. The maximum Gasteiger partial charge on any atom is 0.325 e. The summed E-state index contributed by atoms with van der Waals surface area (Å²) in [6, 6.07) is -0.271. The SMILES string of the molecule is CC1(C)CCC(CN2C(=O)NC3(CCCNC3)C2=O)O1. The first-order valence-electron chi connectivity index (χ1n) is 7.45. The van der Waals surface area contributed by atoms with Gasteiger partial charge in [0.1, 0.15) is 5.54 Å². The molecule has 0 aromatic carbocycles. The molecular formula is C14H23N3O3. The highest BCUT2D eigenvalue weighted by Gasteiger charge is 2.52. The molecule has 3 saturated heterocycles. The Bertz CT molecular complexity index is 429. The lowest BCUT2D eigenvalue weighted by Gasteiger charge is -2.31. The molecule has 0 saturated carbocycles. The third-order valence-corrected chi connectivity index (χ3v) is 4.57. The van der Waals surface area contributed by atoms with Crippen LogP contribution in [-0.2, 0) is 9.53 Å². The molecule has 0 bridgehead atoms. The first-order valence-corrected chi connectivity index (χ1v) is 7.45. The van der Waals surface area contributed by atoms with Gasteiger partial charge in [-0.2, -0.15) is 0 Å². The van der Waals surface area contributed by atoms with Crippen LogP contribution >= 0.6 is 0 Å². The zero-order valence-corrected chi connectivity index (χ0v) is 12.2. The second kappa shape index (κ2) is 4.70. The Morgan fingerprint density at radius 2 is 2.15 bits per heavy atom. The van der Waals surface area contributed by atoms with Gasteiger partial charge in [0.25, 0.3) is 5.91 Å². The highest BCUT2D eigenvalue weighted by molar-refractivity contribution is 6.07. The first kappa shape index (κ1) is 13.8.